The molecule has 0 aliphatic heterocycles. The van der Waals surface area contributed by atoms with Gasteiger partial charge in [0.2, 0.25) is 0 Å². The van der Waals surface area contributed by atoms with Crippen molar-refractivity contribution in [3.63, 3.8) is 0 Å². The van der Waals surface area contributed by atoms with Crippen molar-refractivity contribution in [1.82, 2.24) is 20.3 Å². The summed E-state index contributed by atoms with van der Waals surface area (Å²) in [4.78, 5) is 14.9. The Morgan fingerprint density at radius 3 is 2.50 bits per heavy atom. The van der Waals surface area contributed by atoms with Crippen LogP contribution in [0.4, 0.5) is 0 Å². The van der Waals surface area contributed by atoms with Gasteiger partial charge in [0.15, 0.2) is 0 Å². The first-order chi connectivity index (χ1) is 13.5. The molecule has 0 radical (unpaired) electrons. The summed E-state index contributed by atoms with van der Waals surface area (Å²) in [5, 5.41) is 13.1. The van der Waals surface area contributed by atoms with Crippen LogP contribution in [0.25, 0.3) is 21.9 Å². The van der Waals surface area contributed by atoms with E-state index in [1.165, 1.54) is 0 Å². The van der Waals surface area contributed by atoms with Crippen LogP contribution in [0.1, 0.15) is 33.1 Å². The number of benzene rings is 2. The normalized spacial score (nSPS) is 11.1. The lowest BCUT2D eigenvalue weighted by molar-refractivity contribution is 0.0786. The van der Waals surface area contributed by atoms with Gasteiger partial charge in [-0.15, -0.1) is 0 Å². The summed E-state index contributed by atoms with van der Waals surface area (Å²) in [7, 11) is 1.80. The molecule has 1 amide bonds. The zero-order valence-corrected chi connectivity index (χ0v) is 16.4. The van der Waals surface area contributed by atoms with Crippen LogP contribution in [0.15, 0.2) is 47.1 Å². The van der Waals surface area contributed by atoms with Gasteiger partial charge in [-0.25, -0.2) is 0 Å². The third-order valence-electron chi connectivity index (χ3n) is 5.20. The number of carbonyl (C=O) groups is 1. The quantitative estimate of drug-likeness (QED) is 0.574. The molecule has 2 aromatic heterocycles. The summed E-state index contributed by atoms with van der Waals surface area (Å²) in [6.07, 6.45) is 1.82. The average Bonchev–Trinajstić information content (AvgIpc) is 3.26. The number of H-pyrrole nitrogens is 1. The van der Waals surface area contributed by atoms with Gasteiger partial charge in [-0.2, -0.15) is 5.10 Å². The summed E-state index contributed by atoms with van der Waals surface area (Å²) in [6.45, 7) is 6.21. The van der Waals surface area contributed by atoms with E-state index < -0.39 is 0 Å². The van der Waals surface area contributed by atoms with Crippen LogP contribution in [0.3, 0.4) is 0 Å². The highest BCUT2D eigenvalue weighted by atomic mass is 16.5. The Labute approximate surface area is 163 Å². The Morgan fingerprint density at radius 1 is 1.07 bits per heavy atom. The van der Waals surface area contributed by atoms with Crippen molar-refractivity contribution in [2.45, 2.75) is 27.3 Å². The predicted molar refractivity (Wildman–Crippen MR) is 108 cm³/mol. The monoisotopic (exact) mass is 374 g/mol. The number of hydrogen-bond donors (Lipinski definition) is 1. The molecular formula is C22H22N4O2. The number of aromatic amines is 1. The highest BCUT2D eigenvalue weighted by Crippen LogP contribution is 2.32. The van der Waals surface area contributed by atoms with E-state index >= 15 is 0 Å². The largest absolute Gasteiger partial charge is 0.361 e. The molecule has 1 N–H and O–H groups in total. The van der Waals surface area contributed by atoms with E-state index in [4.69, 9.17) is 4.52 Å². The molecule has 0 aliphatic rings. The third kappa shape index (κ3) is 2.97. The van der Waals surface area contributed by atoms with Crippen LogP contribution in [-0.2, 0) is 6.54 Å². The minimum Gasteiger partial charge on any atom is -0.361 e. The van der Waals surface area contributed by atoms with Gasteiger partial charge in [-0.3, -0.25) is 9.89 Å². The minimum absolute atomic E-state index is 0.0355. The van der Waals surface area contributed by atoms with Gasteiger partial charge in [0.05, 0.1) is 18.4 Å². The molecular weight excluding hydrogens is 352 g/mol. The topological polar surface area (TPSA) is 75.0 Å². The lowest BCUT2D eigenvalue weighted by atomic mass is 9.95. The van der Waals surface area contributed by atoms with Crippen LogP contribution < -0.4 is 0 Å². The molecule has 2 heterocycles. The molecule has 142 valence electrons. The van der Waals surface area contributed by atoms with Gasteiger partial charge in [-0.05, 0) is 43.2 Å². The first-order valence-corrected chi connectivity index (χ1v) is 9.16. The molecule has 2 aromatic carbocycles. The Morgan fingerprint density at radius 2 is 1.82 bits per heavy atom. The first kappa shape index (κ1) is 18.0. The molecule has 6 nitrogen and oxygen atoms in total. The second-order valence-electron chi connectivity index (χ2n) is 7.08. The summed E-state index contributed by atoms with van der Waals surface area (Å²) in [6, 6.07) is 11.9. The molecule has 4 aromatic rings. The maximum atomic E-state index is 13.2. The molecule has 0 spiro atoms. The minimum atomic E-state index is -0.0355. The second-order valence-corrected chi connectivity index (χ2v) is 7.08. The Balaban J connectivity index is 1.75. The number of aromatic nitrogens is 3. The van der Waals surface area contributed by atoms with Crippen LogP contribution in [0, 0.1) is 20.8 Å². The lowest BCUT2D eigenvalue weighted by Crippen LogP contribution is -2.26. The Bertz CT molecular complexity index is 1150. The van der Waals surface area contributed by atoms with E-state index in [0.29, 0.717) is 12.1 Å². The van der Waals surface area contributed by atoms with E-state index in [-0.39, 0.29) is 5.91 Å². The maximum Gasteiger partial charge on any atom is 0.254 e. The van der Waals surface area contributed by atoms with Gasteiger partial charge < -0.3 is 9.42 Å². The van der Waals surface area contributed by atoms with E-state index in [0.717, 1.165) is 44.6 Å². The van der Waals surface area contributed by atoms with Gasteiger partial charge in [0.1, 0.15) is 5.76 Å². The molecule has 0 saturated carbocycles. The molecule has 6 heteroatoms. The fourth-order valence-electron chi connectivity index (χ4n) is 3.60. The van der Waals surface area contributed by atoms with Crippen LogP contribution >= 0.6 is 0 Å². The molecule has 0 fully saturated rings. The van der Waals surface area contributed by atoms with Crippen molar-refractivity contribution in [1.29, 1.82) is 0 Å². The van der Waals surface area contributed by atoms with E-state index in [1.54, 1.807) is 11.9 Å². The summed E-state index contributed by atoms with van der Waals surface area (Å²) < 4.78 is 5.22. The molecule has 28 heavy (non-hydrogen) atoms. The molecule has 4 rings (SSSR count). The predicted octanol–water partition coefficient (Wildman–Crippen LogP) is 4.42. The maximum absolute atomic E-state index is 13.2. The summed E-state index contributed by atoms with van der Waals surface area (Å²) in [5.74, 6) is 0.708. The van der Waals surface area contributed by atoms with Crippen molar-refractivity contribution in [3.05, 3.63) is 70.9 Å². The fourth-order valence-corrected chi connectivity index (χ4v) is 3.60. The molecule has 0 atom stereocenters. The van der Waals surface area contributed by atoms with Gasteiger partial charge in [0, 0.05) is 29.4 Å². The van der Waals surface area contributed by atoms with Crippen LogP contribution in [-0.4, -0.2) is 33.2 Å². The van der Waals surface area contributed by atoms with E-state index in [2.05, 4.69) is 21.4 Å². The number of amides is 1. The van der Waals surface area contributed by atoms with Crippen molar-refractivity contribution >= 4 is 16.7 Å². The van der Waals surface area contributed by atoms with E-state index in [1.807, 2.05) is 57.3 Å². The third-order valence-corrected chi connectivity index (χ3v) is 5.20. The van der Waals surface area contributed by atoms with Gasteiger partial charge in [-0.1, -0.05) is 35.5 Å². The zero-order chi connectivity index (χ0) is 19.8. The number of aryl methyl sites for hydroxylation is 3. The van der Waals surface area contributed by atoms with Crippen molar-refractivity contribution in [3.8, 4) is 11.1 Å². The van der Waals surface area contributed by atoms with Crippen molar-refractivity contribution in [2.75, 3.05) is 7.05 Å². The number of fused-ring (bicyclic) bond motifs is 1. The first-order valence-electron chi connectivity index (χ1n) is 9.16. The number of rotatable bonds is 4. The number of nitrogens with zero attached hydrogens (tertiary/aromatic N) is 3. The molecule has 0 unspecified atom stereocenters. The summed E-state index contributed by atoms with van der Waals surface area (Å²) in [5.41, 5.74) is 5.54. The van der Waals surface area contributed by atoms with Crippen molar-refractivity contribution in [2.24, 2.45) is 0 Å². The lowest BCUT2D eigenvalue weighted by Gasteiger charge is -2.19. The summed E-state index contributed by atoms with van der Waals surface area (Å²) >= 11 is 0. The van der Waals surface area contributed by atoms with Crippen LogP contribution in [0.2, 0.25) is 0 Å². The van der Waals surface area contributed by atoms with Gasteiger partial charge in [0.25, 0.3) is 5.91 Å². The number of hydrogen-bond acceptors (Lipinski definition) is 4. The number of nitrogens with one attached hydrogen (secondary N) is 1. The Hall–Kier alpha value is -3.41. The molecule has 0 saturated heterocycles. The SMILES string of the molecule is Cc1noc(C)c1CN(C)C(=O)c1cccc2c(-c3cn[nH]c3C)cccc12. The fraction of sp³-hybridized carbons (Fsp3) is 0.227. The van der Waals surface area contributed by atoms with Crippen molar-refractivity contribution < 1.29 is 9.32 Å². The highest BCUT2D eigenvalue weighted by molar-refractivity contribution is 6.10. The zero-order valence-electron chi connectivity index (χ0n) is 16.4. The average molecular weight is 374 g/mol. The Kier molecular flexibility index (Phi) is 4.47. The molecule has 0 bridgehead atoms. The second kappa shape index (κ2) is 6.96. The smallest absolute Gasteiger partial charge is 0.254 e. The van der Waals surface area contributed by atoms with Crippen LogP contribution in [0.5, 0.6) is 0 Å². The highest BCUT2D eigenvalue weighted by Gasteiger charge is 2.19. The van der Waals surface area contributed by atoms with E-state index in [9.17, 15) is 4.79 Å². The standard InChI is InChI=1S/C22H22N4O2/c1-13-20(11-23-24-13)18-9-5-8-17-16(18)7-6-10-19(17)22(27)26(4)12-21-14(2)25-28-15(21)3/h5-11H,12H2,1-4H3,(H,23,24). The van der Waals surface area contributed by atoms with Gasteiger partial charge >= 0.3 is 0 Å². The molecule has 0 aliphatic carbocycles. The number of carbonyl (C=O) groups excluding carboxylic acids is 1.